The van der Waals surface area contributed by atoms with Crippen molar-refractivity contribution in [3.63, 3.8) is 0 Å². The summed E-state index contributed by atoms with van der Waals surface area (Å²) in [7, 11) is 0. The van der Waals surface area contributed by atoms with Crippen LogP contribution in [-0.2, 0) is 0 Å². The summed E-state index contributed by atoms with van der Waals surface area (Å²) >= 11 is 0. The van der Waals surface area contributed by atoms with Crippen LogP contribution in [0, 0.1) is 19.8 Å². The number of para-hydroxylation sites is 1. The van der Waals surface area contributed by atoms with Gasteiger partial charge in [-0.1, -0.05) is 44.9 Å². The first-order valence-electron chi connectivity index (χ1n) is 7.66. The predicted octanol–water partition coefficient (Wildman–Crippen LogP) is 3.07. The van der Waals surface area contributed by atoms with Crippen molar-refractivity contribution in [2.75, 3.05) is 19.7 Å². The molecule has 0 amide bonds. The van der Waals surface area contributed by atoms with Crippen molar-refractivity contribution in [3.05, 3.63) is 29.3 Å². The first-order valence-corrected chi connectivity index (χ1v) is 7.66. The summed E-state index contributed by atoms with van der Waals surface area (Å²) < 4.78 is 5.75. The molecule has 0 aliphatic carbocycles. The number of nitrogens with one attached hydrogen (secondary N) is 1. The Kier molecular flexibility index (Phi) is 7.63. The maximum absolute atomic E-state index is 9.96. The van der Waals surface area contributed by atoms with Crippen LogP contribution in [0.25, 0.3) is 0 Å². The SMILES string of the molecule is CCC(CC)CNCC(O)COc1c(C)cccc1C. The third kappa shape index (κ3) is 5.51. The smallest absolute Gasteiger partial charge is 0.125 e. The molecule has 1 atom stereocenters. The largest absolute Gasteiger partial charge is 0.490 e. The highest BCUT2D eigenvalue weighted by Crippen LogP contribution is 2.22. The Morgan fingerprint density at radius 3 is 2.25 bits per heavy atom. The van der Waals surface area contributed by atoms with Gasteiger partial charge in [0.2, 0.25) is 0 Å². The zero-order valence-electron chi connectivity index (χ0n) is 13.3. The van der Waals surface area contributed by atoms with E-state index in [9.17, 15) is 5.11 Å². The number of aliphatic hydroxyl groups excluding tert-OH is 1. The van der Waals surface area contributed by atoms with Gasteiger partial charge in [0.05, 0.1) is 0 Å². The molecule has 1 aromatic rings. The minimum Gasteiger partial charge on any atom is -0.490 e. The molecule has 20 heavy (non-hydrogen) atoms. The lowest BCUT2D eigenvalue weighted by atomic mass is 10.0. The van der Waals surface area contributed by atoms with Crippen LogP contribution < -0.4 is 10.1 Å². The number of hydrogen-bond donors (Lipinski definition) is 2. The van der Waals surface area contributed by atoms with Crippen LogP contribution in [0.4, 0.5) is 0 Å². The molecule has 0 fully saturated rings. The third-order valence-corrected chi connectivity index (χ3v) is 3.80. The van der Waals surface area contributed by atoms with Gasteiger partial charge in [-0.3, -0.25) is 0 Å². The average Bonchev–Trinajstić information content (AvgIpc) is 2.43. The van der Waals surface area contributed by atoms with E-state index in [0.717, 1.165) is 23.4 Å². The van der Waals surface area contributed by atoms with Crippen LogP contribution in [0.5, 0.6) is 5.75 Å². The second-order valence-corrected chi connectivity index (χ2v) is 5.53. The lowest BCUT2D eigenvalue weighted by molar-refractivity contribution is 0.104. The van der Waals surface area contributed by atoms with E-state index in [1.165, 1.54) is 12.8 Å². The molecule has 3 heteroatoms. The van der Waals surface area contributed by atoms with Crippen molar-refractivity contribution < 1.29 is 9.84 Å². The molecule has 1 rings (SSSR count). The van der Waals surface area contributed by atoms with Gasteiger partial charge in [-0.05, 0) is 37.4 Å². The number of benzene rings is 1. The Morgan fingerprint density at radius 2 is 1.70 bits per heavy atom. The monoisotopic (exact) mass is 279 g/mol. The van der Waals surface area contributed by atoms with Gasteiger partial charge in [0.15, 0.2) is 0 Å². The average molecular weight is 279 g/mol. The van der Waals surface area contributed by atoms with Gasteiger partial charge in [0, 0.05) is 6.54 Å². The molecule has 0 aliphatic heterocycles. The summed E-state index contributed by atoms with van der Waals surface area (Å²) in [5.74, 6) is 1.59. The Bertz CT molecular complexity index is 368. The van der Waals surface area contributed by atoms with Crippen molar-refractivity contribution in [1.29, 1.82) is 0 Å². The molecule has 0 saturated heterocycles. The molecule has 1 unspecified atom stereocenters. The normalized spacial score (nSPS) is 12.7. The maximum Gasteiger partial charge on any atom is 0.125 e. The summed E-state index contributed by atoms with van der Waals surface area (Å²) in [5, 5.41) is 13.3. The van der Waals surface area contributed by atoms with Crippen LogP contribution in [0.15, 0.2) is 18.2 Å². The first kappa shape index (κ1) is 17.0. The molecular weight excluding hydrogens is 250 g/mol. The van der Waals surface area contributed by atoms with Gasteiger partial charge in [0.1, 0.15) is 18.5 Å². The number of ether oxygens (including phenoxy) is 1. The van der Waals surface area contributed by atoms with E-state index in [0.29, 0.717) is 19.1 Å². The van der Waals surface area contributed by atoms with Crippen molar-refractivity contribution in [2.24, 2.45) is 5.92 Å². The summed E-state index contributed by atoms with van der Waals surface area (Å²) in [4.78, 5) is 0. The molecule has 0 saturated carbocycles. The molecule has 0 spiro atoms. The second-order valence-electron chi connectivity index (χ2n) is 5.53. The van der Waals surface area contributed by atoms with Crippen LogP contribution in [0.2, 0.25) is 0 Å². The van der Waals surface area contributed by atoms with E-state index in [4.69, 9.17) is 4.74 Å². The maximum atomic E-state index is 9.96. The molecular formula is C17H29NO2. The fraction of sp³-hybridized carbons (Fsp3) is 0.647. The molecule has 114 valence electrons. The van der Waals surface area contributed by atoms with Crippen molar-refractivity contribution in [3.8, 4) is 5.75 Å². The van der Waals surface area contributed by atoms with Gasteiger partial charge >= 0.3 is 0 Å². The topological polar surface area (TPSA) is 41.5 Å². The molecule has 0 heterocycles. The second kappa shape index (κ2) is 8.98. The fourth-order valence-corrected chi connectivity index (χ4v) is 2.30. The Morgan fingerprint density at radius 1 is 1.10 bits per heavy atom. The molecule has 0 aliphatic rings. The predicted molar refractivity (Wildman–Crippen MR) is 84.4 cm³/mol. The third-order valence-electron chi connectivity index (χ3n) is 3.80. The molecule has 0 radical (unpaired) electrons. The lowest BCUT2D eigenvalue weighted by Gasteiger charge is -2.18. The number of aliphatic hydroxyl groups is 1. The van der Waals surface area contributed by atoms with E-state index in [1.807, 2.05) is 32.0 Å². The highest BCUT2D eigenvalue weighted by molar-refractivity contribution is 5.39. The van der Waals surface area contributed by atoms with Gasteiger partial charge < -0.3 is 15.2 Å². The highest BCUT2D eigenvalue weighted by Gasteiger charge is 2.09. The molecule has 0 bridgehead atoms. The first-order chi connectivity index (χ1) is 9.58. The fourth-order valence-electron chi connectivity index (χ4n) is 2.30. The quantitative estimate of drug-likeness (QED) is 0.730. The highest BCUT2D eigenvalue weighted by atomic mass is 16.5. The minimum atomic E-state index is -0.469. The van der Waals surface area contributed by atoms with Gasteiger partial charge in [-0.15, -0.1) is 0 Å². The van der Waals surface area contributed by atoms with E-state index < -0.39 is 6.10 Å². The molecule has 2 N–H and O–H groups in total. The van der Waals surface area contributed by atoms with Gasteiger partial charge in [0.25, 0.3) is 0 Å². The van der Waals surface area contributed by atoms with Crippen molar-refractivity contribution >= 4 is 0 Å². The summed E-state index contributed by atoms with van der Waals surface area (Å²) in [6, 6.07) is 6.07. The zero-order valence-corrected chi connectivity index (χ0v) is 13.3. The summed E-state index contributed by atoms with van der Waals surface area (Å²) in [5.41, 5.74) is 2.23. The molecule has 0 aromatic heterocycles. The van der Waals surface area contributed by atoms with Crippen LogP contribution in [0.3, 0.4) is 0 Å². The Labute approximate surface area is 123 Å². The van der Waals surface area contributed by atoms with E-state index in [1.54, 1.807) is 0 Å². The van der Waals surface area contributed by atoms with Crippen LogP contribution in [0.1, 0.15) is 37.8 Å². The van der Waals surface area contributed by atoms with Crippen LogP contribution >= 0.6 is 0 Å². The van der Waals surface area contributed by atoms with Crippen LogP contribution in [-0.4, -0.2) is 30.9 Å². The number of rotatable bonds is 9. The molecule has 3 nitrogen and oxygen atoms in total. The lowest BCUT2D eigenvalue weighted by Crippen LogP contribution is -2.34. The van der Waals surface area contributed by atoms with Crippen molar-refractivity contribution in [1.82, 2.24) is 5.32 Å². The minimum absolute atomic E-state index is 0.335. The van der Waals surface area contributed by atoms with Gasteiger partial charge in [-0.25, -0.2) is 0 Å². The Balaban J connectivity index is 2.31. The number of aryl methyl sites for hydroxylation is 2. The summed E-state index contributed by atoms with van der Waals surface area (Å²) in [6.07, 6.45) is 1.89. The summed E-state index contributed by atoms with van der Waals surface area (Å²) in [6.45, 7) is 10.4. The van der Waals surface area contributed by atoms with E-state index in [-0.39, 0.29) is 0 Å². The van der Waals surface area contributed by atoms with E-state index >= 15 is 0 Å². The Hall–Kier alpha value is -1.06. The zero-order chi connectivity index (χ0) is 15.0. The van der Waals surface area contributed by atoms with Gasteiger partial charge in [-0.2, -0.15) is 0 Å². The standard InChI is InChI=1S/C17H29NO2/c1-5-15(6-2)10-18-11-16(19)12-20-17-13(3)8-7-9-14(17)4/h7-9,15-16,18-19H,5-6,10-12H2,1-4H3. The van der Waals surface area contributed by atoms with Crippen molar-refractivity contribution in [2.45, 2.75) is 46.6 Å². The molecule has 1 aromatic carbocycles. The van der Waals surface area contributed by atoms with E-state index in [2.05, 4.69) is 19.2 Å². The number of hydrogen-bond acceptors (Lipinski definition) is 3.